The van der Waals surface area contributed by atoms with Gasteiger partial charge in [0, 0.05) is 11.6 Å². The fourth-order valence-corrected chi connectivity index (χ4v) is 4.00. The molecule has 8 nitrogen and oxygen atoms in total. The summed E-state index contributed by atoms with van der Waals surface area (Å²) in [4.78, 5) is 28.2. The number of nitro groups is 1. The predicted octanol–water partition coefficient (Wildman–Crippen LogP) is 6.04. The molecule has 36 heavy (non-hydrogen) atoms. The molecule has 5 aromatic rings. The largest absolute Gasteiger partial charge is 0.433 e. The monoisotopic (exact) mass is 491 g/mol. The second-order valence-electron chi connectivity index (χ2n) is 8.08. The van der Waals surface area contributed by atoms with E-state index >= 15 is 0 Å². The number of alkyl halides is 3. The highest BCUT2D eigenvalue weighted by Crippen LogP contribution is 2.35. The van der Waals surface area contributed by atoms with Crippen LogP contribution in [0.1, 0.15) is 21.6 Å². The lowest BCUT2D eigenvalue weighted by atomic mass is 10.0. The highest BCUT2D eigenvalue weighted by atomic mass is 19.4. The van der Waals surface area contributed by atoms with Crippen molar-refractivity contribution in [2.24, 2.45) is 0 Å². The SMILES string of the molecule is Cc1ccc(NC(=O)c2cnn3c(C(F)(F)F)cc(-c4cccc5ccccc45)nc23)c([N+](=O)[O-])c1. The molecule has 0 unspecified atom stereocenters. The highest BCUT2D eigenvalue weighted by Gasteiger charge is 2.36. The van der Waals surface area contributed by atoms with Crippen LogP contribution in [0.5, 0.6) is 0 Å². The number of benzene rings is 3. The Morgan fingerprint density at radius 2 is 1.81 bits per heavy atom. The number of hydrogen-bond acceptors (Lipinski definition) is 5. The maximum absolute atomic E-state index is 14.0. The number of amides is 1. The summed E-state index contributed by atoms with van der Waals surface area (Å²) < 4.78 is 42.5. The van der Waals surface area contributed by atoms with Gasteiger partial charge in [0.2, 0.25) is 0 Å². The Kier molecular flexibility index (Phi) is 5.39. The number of carbonyl (C=O) groups is 1. The van der Waals surface area contributed by atoms with Gasteiger partial charge in [-0.2, -0.15) is 18.3 Å². The predicted molar refractivity (Wildman–Crippen MR) is 127 cm³/mol. The molecule has 5 rings (SSSR count). The Balaban J connectivity index is 1.68. The second kappa shape index (κ2) is 8.45. The third-order valence-corrected chi connectivity index (χ3v) is 5.67. The molecule has 0 bridgehead atoms. The van der Waals surface area contributed by atoms with E-state index in [-0.39, 0.29) is 28.3 Å². The van der Waals surface area contributed by atoms with Crippen molar-refractivity contribution in [1.29, 1.82) is 0 Å². The second-order valence-corrected chi connectivity index (χ2v) is 8.08. The van der Waals surface area contributed by atoms with E-state index in [4.69, 9.17) is 0 Å². The van der Waals surface area contributed by atoms with Gasteiger partial charge < -0.3 is 5.32 Å². The van der Waals surface area contributed by atoms with E-state index in [1.165, 1.54) is 12.1 Å². The number of nitrogens with zero attached hydrogens (tertiary/aromatic N) is 4. The summed E-state index contributed by atoms with van der Waals surface area (Å²) in [6.07, 6.45) is -3.84. The van der Waals surface area contributed by atoms with Gasteiger partial charge in [-0.1, -0.05) is 48.5 Å². The molecule has 2 aromatic heterocycles. The summed E-state index contributed by atoms with van der Waals surface area (Å²) in [5.41, 5.74) is -1.11. The van der Waals surface area contributed by atoms with Crippen molar-refractivity contribution >= 4 is 33.7 Å². The van der Waals surface area contributed by atoms with E-state index in [1.54, 1.807) is 37.3 Å². The smallest absolute Gasteiger partial charge is 0.316 e. The van der Waals surface area contributed by atoms with Crippen LogP contribution in [0.3, 0.4) is 0 Å². The third-order valence-electron chi connectivity index (χ3n) is 5.67. The Morgan fingerprint density at radius 3 is 2.56 bits per heavy atom. The van der Waals surface area contributed by atoms with Crippen LogP contribution in [0.2, 0.25) is 0 Å². The van der Waals surface area contributed by atoms with Crippen LogP contribution in [-0.2, 0) is 6.18 Å². The zero-order chi connectivity index (χ0) is 25.6. The quantitative estimate of drug-likeness (QED) is 0.244. The molecule has 1 amide bonds. The van der Waals surface area contributed by atoms with Crippen molar-refractivity contribution in [3.05, 3.63) is 99.9 Å². The number of anilines is 1. The van der Waals surface area contributed by atoms with Crippen molar-refractivity contribution < 1.29 is 22.9 Å². The van der Waals surface area contributed by atoms with E-state index < -0.39 is 22.7 Å². The molecule has 1 N–H and O–H groups in total. The third kappa shape index (κ3) is 4.00. The number of fused-ring (bicyclic) bond motifs is 2. The summed E-state index contributed by atoms with van der Waals surface area (Å²) >= 11 is 0. The molecule has 180 valence electrons. The Hall–Kier alpha value is -4.80. The van der Waals surface area contributed by atoms with Crippen LogP contribution in [0.25, 0.3) is 27.7 Å². The van der Waals surface area contributed by atoms with Gasteiger partial charge in [0.1, 0.15) is 11.3 Å². The van der Waals surface area contributed by atoms with Gasteiger partial charge in [0.15, 0.2) is 11.3 Å². The molecule has 0 aliphatic carbocycles. The lowest BCUT2D eigenvalue weighted by molar-refractivity contribution is -0.384. The van der Waals surface area contributed by atoms with E-state index in [0.29, 0.717) is 21.0 Å². The number of nitrogens with one attached hydrogen (secondary N) is 1. The zero-order valence-electron chi connectivity index (χ0n) is 18.6. The summed E-state index contributed by atoms with van der Waals surface area (Å²) in [6.45, 7) is 1.65. The molecule has 0 aliphatic rings. The average molecular weight is 491 g/mol. The summed E-state index contributed by atoms with van der Waals surface area (Å²) in [5.74, 6) is -0.882. The molecule has 0 atom stereocenters. The molecule has 0 saturated carbocycles. The van der Waals surface area contributed by atoms with E-state index in [1.807, 2.05) is 18.2 Å². The van der Waals surface area contributed by atoms with Crippen molar-refractivity contribution in [3.8, 4) is 11.3 Å². The van der Waals surface area contributed by atoms with Crippen LogP contribution >= 0.6 is 0 Å². The number of carbonyl (C=O) groups excluding carboxylic acids is 1. The van der Waals surface area contributed by atoms with Crippen LogP contribution in [-0.4, -0.2) is 25.4 Å². The number of aromatic nitrogens is 3. The standard InChI is InChI=1S/C25H16F3N5O3/c1-14-9-10-19(21(11-14)33(35)36)31-24(34)18-13-29-32-22(25(26,27)28)12-20(30-23(18)32)17-8-4-6-15-5-2-3-7-16(15)17/h2-13H,1H3,(H,31,34). The lowest BCUT2D eigenvalue weighted by Gasteiger charge is -2.13. The van der Waals surface area contributed by atoms with E-state index in [0.717, 1.165) is 17.6 Å². The maximum Gasteiger partial charge on any atom is 0.433 e. The minimum Gasteiger partial charge on any atom is -0.316 e. The van der Waals surface area contributed by atoms with Crippen molar-refractivity contribution in [2.75, 3.05) is 5.32 Å². The maximum atomic E-state index is 14.0. The van der Waals surface area contributed by atoms with E-state index in [2.05, 4.69) is 15.4 Å². The minimum atomic E-state index is -4.80. The highest BCUT2D eigenvalue weighted by molar-refractivity contribution is 6.09. The van der Waals surface area contributed by atoms with Crippen molar-refractivity contribution in [1.82, 2.24) is 14.6 Å². The molecule has 11 heteroatoms. The van der Waals surface area contributed by atoms with Crippen LogP contribution in [0.4, 0.5) is 24.5 Å². The minimum absolute atomic E-state index is 0.00231. The van der Waals surface area contributed by atoms with E-state index in [9.17, 15) is 28.1 Å². The van der Waals surface area contributed by atoms with Gasteiger partial charge in [-0.05, 0) is 35.4 Å². The average Bonchev–Trinajstić information content (AvgIpc) is 3.27. The number of halogens is 3. The topological polar surface area (TPSA) is 102 Å². The normalized spacial score (nSPS) is 11.7. The van der Waals surface area contributed by atoms with Gasteiger partial charge in [-0.3, -0.25) is 14.9 Å². The first kappa shape index (κ1) is 23.0. The number of aryl methyl sites for hydroxylation is 1. The molecular formula is C25H16F3N5O3. The molecule has 0 spiro atoms. The van der Waals surface area contributed by atoms with Gasteiger partial charge in [-0.15, -0.1) is 0 Å². The molecular weight excluding hydrogens is 475 g/mol. The molecule has 0 fully saturated rings. The summed E-state index contributed by atoms with van der Waals surface area (Å²) in [6, 6.07) is 17.4. The molecule has 3 aromatic carbocycles. The van der Waals surface area contributed by atoms with Crippen LogP contribution in [0, 0.1) is 17.0 Å². The molecule has 0 aliphatic heterocycles. The summed E-state index contributed by atoms with van der Waals surface area (Å²) in [5, 5.41) is 19.1. The number of rotatable bonds is 4. The fourth-order valence-electron chi connectivity index (χ4n) is 4.00. The molecule has 0 saturated heterocycles. The van der Waals surface area contributed by atoms with Gasteiger partial charge in [0.25, 0.3) is 11.6 Å². The first-order chi connectivity index (χ1) is 17.1. The molecule has 2 heterocycles. The Labute approximate surface area is 201 Å². The summed E-state index contributed by atoms with van der Waals surface area (Å²) in [7, 11) is 0. The first-order valence-corrected chi connectivity index (χ1v) is 10.6. The molecule has 0 radical (unpaired) electrons. The van der Waals surface area contributed by atoms with Crippen molar-refractivity contribution in [3.63, 3.8) is 0 Å². The Bertz CT molecular complexity index is 1670. The Morgan fingerprint density at radius 1 is 1.06 bits per heavy atom. The van der Waals surface area contributed by atoms with Crippen molar-refractivity contribution in [2.45, 2.75) is 13.1 Å². The van der Waals surface area contributed by atoms with Gasteiger partial charge in [0.05, 0.1) is 16.8 Å². The lowest BCUT2D eigenvalue weighted by Crippen LogP contribution is -2.16. The number of nitro benzene ring substituents is 1. The van der Waals surface area contributed by atoms with Crippen LogP contribution in [0.15, 0.2) is 72.9 Å². The zero-order valence-corrected chi connectivity index (χ0v) is 18.6. The number of hydrogen-bond donors (Lipinski definition) is 1. The first-order valence-electron chi connectivity index (χ1n) is 10.6. The van der Waals surface area contributed by atoms with Gasteiger partial charge >= 0.3 is 6.18 Å². The van der Waals surface area contributed by atoms with Crippen LogP contribution < -0.4 is 5.32 Å². The van der Waals surface area contributed by atoms with Gasteiger partial charge in [-0.25, -0.2) is 9.50 Å². The fraction of sp³-hybridized carbons (Fsp3) is 0.0800.